The standard InChI is InChI=1S/C23H23N5O/c24-20(29)11-8-15-6-9-16(10-7-15)23-27-19-14-26-22-18(12-13-25-22)21(19)28(23)17-4-2-1-3-5-17/h6-14,17H,1-5H2,(H2,24,29)(H,25,26). The van der Waals surface area contributed by atoms with Crippen molar-refractivity contribution >= 4 is 34.1 Å². The molecule has 3 N–H and O–H groups in total. The Balaban J connectivity index is 1.67. The largest absolute Gasteiger partial charge is 0.366 e. The molecule has 1 aliphatic carbocycles. The molecule has 5 rings (SSSR count). The number of benzene rings is 1. The first kappa shape index (κ1) is 17.7. The number of amides is 1. The van der Waals surface area contributed by atoms with Crippen LogP contribution in [0.1, 0.15) is 43.7 Å². The first-order chi connectivity index (χ1) is 14.2. The van der Waals surface area contributed by atoms with Gasteiger partial charge in [-0.25, -0.2) is 9.97 Å². The normalized spacial score (nSPS) is 15.6. The van der Waals surface area contributed by atoms with Gasteiger partial charge >= 0.3 is 0 Å². The highest BCUT2D eigenvalue weighted by Gasteiger charge is 2.24. The van der Waals surface area contributed by atoms with Gasteiger partial charge < -0.3 is 15.3 Å². The molecule has 1 fully saturated rings. The minimum Gasteiger partial charge on any atom is -0.366 e. The summed E-state index contributed by atoms with van der Waals surface area (Å²) >= 11 is 0. The predicted molar refractivity (Wildman–Crippen MR) is 115 cm³/mol. The van der Waals surface area contributed by atoms with E-state index in [1.807, 2.05) is 24.5 Å². The maximum atomic E-state index is 11.0. The lowest BCUT2D eigenvalue weighted by atomic mass is 9.94. The molecule has 6 nitrogen and oxygen atoms in total. The van der Waals surface area contributed by atoms with Gasteiger partial charge in [-0.15, -0.1) is 0 Å². The maximum Gasteiger partial charge on any atom is 0.241 e. The van der Waals surface area contributed by atoms with Crippen LogP contribution in [0, 0.1) is 0 Å². The summed E-state index contributed by atoms with van der Waals surface area (Å²) in [5, 5.41) is 1.12. The zero-order chi connectivity index (χ0) is 19.8. The Morgan fingerprint density at radius 3 is 2.69 bits per heavy atom. The Kier molecular flexibility index (Phi) is 4.39. The maximum absolute atomic E-state index is 11.0. The summed E-state index contributed by atoms with van der Waals surface area (Å²) in [6.45, 7) is 0. The number of fused-ring (bicyclic) bond motifs is 3. The number of imidazole rings is 1. The van der Waals surface area contributed by atoms with Crippen LogP contribution in [-0.4, -0.2) is 25.4 Å². The van der Waals surface area contributed by atoms with E-state index in [-0.39, 0.29) is 0 Å². The topological polar surface area (TPSA) is 89.6 Å². The molecule has 1 amide bonds. The van der Waals surface area contributed by atoms with Crippen molar-refractivity contribution in [1.82, 2.24) is 19.5 Å². The lowest BCUT2D eigenvalue weighted by Gasteiger charge is -2.26. The van der Waals surface area contributed by atoms with Gasteiger partial charge in [-0.05, 0) is 30.5 Å². The number of aromatic nitrogens is 4. The van der Waals surface area contributed by atoms with Crippen LogP contribution in [0.5, 0.6) is 0 Å². The molecular weight excluding hydrogens is 362 g/mol. The summed E-state index contributed by atoms with van der Waals surface area (Å²) in [6, 6.07) is 10.6. The molecule has 0 bridgehead atoms. The van der Waals surface area contributed by atoms with E-state index in [9.17, 15) is 4.79 Å². The van der Waals surface area contributed by atoms with Crippen molar-refractivity contribution in [1.29, 1.82) is 0 Å². The van der Waals surface area contributed by atoms with Crippen molar-refractivity contribution in [2.75, 3.05) is 0 Å². The van der Waals surface area contributed by atoms with Gasteiger partial charge in [-0.3, -0.25) is 4.79 Å². The summed E-state index contributed by atoms with van der Waals surface area (Å²) in [7, 11) is 0. The van der Waals surface area contributed by atoms with E-state index in [1.165, 1.54) is 38.2 Å². The zero-order valence-electron chi connectivity index (χ0n) is 16.1. The van der Waals surface area contributed by atoms with E-state index in [2.05, 4.69) is 32.7 Å². The molecule has 146 valence electrons. The summed E-state index contributed by atoms with van der Waals surface area (Å²) < 4.78 is 2.43. The molecule has 0 aliphatic heterocycles. The molecule has 0 unspecified atom stereocenters. The SMILES string of the molecule is NC(=O)C=Cc1ccc(-c2nc3cnc4[nH]ccc4c3n2C2CCCCC2)cc1. The molecule has 3 heterocycles. The molecule has 0 radical (unpaired) electrons. The highest BCUT2D eigenvalue weighted by Crippen LogP contribution is 2.37. The van der Waals surface area contributed by atoms with Crippen molar-refractivity contribution in [2.24, 2.45) is 5.73 Å². The highest BCUT2D eigenvalue weighted by molar-refractivity contribution is 6.02. The lowest BCUT2D eigenvalue weighted by Crippen LogP contribution is -2.14. The quantitative estimate of drug-likeness (QED) is 0.504. The molecular formula is C23H23N5O. The number of pyridine rings is 1. The van der Waals surface area contributed by atoms with Crippen LogP contribution < -0.4 is 5.73 Å². The van der Waals surface area contributed by atoms with Crippen LogP contribution in [0.15, 0.2) is 48.8 Å². The minimum atomic E-state index is -0.448. The van der Waals surface area contributed by atoms with Crippen molar-refractivity contribution in [3.05, 3.63) is 54.4 Å². The first-order valence-corrected chi connectivity index (χ1v) is 10.1. The Morgan fingerprint density at radius 1 is 1.14 bits per heavy atom. The highest BCUT2D eigenvalue weighted by atomic mass is 16.1. The number of nitrogens with zero attached hydrogens (tertiary/aromatic N) is 3. The van der Waals surface area contributed by atoms with Crippen molar-refractivity contribution in [3.8, 4) is 11.4 Å². The van der Waals surface area contributed by atoms with Crippen LogP contribution >= 0.6 is 0 Å². The van der Waals surface area contributed by atoms with Crippen molar-refractivity contribution in [2.45, 2.75) is 38.1 Å². The number of H-pyrrole nitrogens is 1. The van der Waals surface area contributed by atoms with Gasteiger partial charge in [0.2, 0.25) is 5.91 Å². The second-order valence-corrected chi connectivity index (χ2v) is 7.69. The number of aromatic amines is 1. The number of hydrogen-bond donors (Lipinski definition) is 2. The van der Waals surface area contributed by atoms with Crippen LogP contribution in [0.25, 0.3) is 39.5 Å². The summed E-state index contributed by atoms with van der Waals surface area (Å²) in [4.78, 5) is 23.7. The van der Waals surface area contributed by atoms with Crippen LogP contribution in [0.3, 0.4) is 0 Å². The number of rotatable bonds is 4. The molecule has 1 saturated carbocycles. The van der Waals surface area contributed by atoms with Gasteiger partial charge in [0.1, 0.15) is 17.0 Å². The number of nitrogens with one attached hydrogen (secondary N) is 1. The molecule has 3 aromatic heterocycles. The van der Waals surface area contributed by atoms with Gasteiger partial charge in [0.05, 0.1) is 11.7 Å². The second-order valence-electron chi connectivity index (χ2n) is 7.69. The van der Waals surface area contributed by atoms with Gasteiger partial charge in [-0.1, -0.05) is 43.5 Å². The van der Waals surface area contributed by atoms with E-state index < -0.39 is 5.91 Å². The number of carbonyl (C=O) groups excluding carboxylic acids is 1. The van der Waals surface area contributed by atoms with Gasteiger partial charge in [0.15, 0.2) is 0 Å². The Hall–Kier alpha value is -3.41. The average molecular weight is 385 g/mol. The van der Waals surface area contributed by atoms with E-state index >= 15 is 0 Å². The van der Waals surface area contributed by atoms with E-state index in [0.717, 1.165) is 39.0 Å². The molecule has 0 spiro atoms. The first-order valence-electron chi connectivity index (χ1n) is 10.1. The van der Waals surface area contributed by atoms with Gasteiger partial charge in [0, 0.05) is 29.3 Å². The predicted octanol–water partition coefficient (Wildman–Crippen LogP) is 4.58. The number of hydrogen-bond acceptors (Lipinski definition) is 3. The number of carbonyl (C=O) groups is 1. The van der Waals surface area contributed by atoms with Crippen molar-refractivity contribution in [3.63, 3.8) is 0 Å². The number of nitrogens with two attached hydrogens (primary N) is 1. The zero-order valence-corrected chi connectivity index (χ0v) is 16.1. The monoisotopic (exact) mass is 385 g/mol. The van der Waals surface area contributed by atoms with E-state index in [0.29, 0.717) is 6.04 Å². The fourth-order valence-electron chi connectivity index (χ4n) is 4.41. The average Bonchev–Trinajstić information content (AvgIpc) is 3.37. The van der Waals surface area contributed by atoms with Crippen LogP contribution in [0.4, 0.5) is 0 Å². The third-order valence-electron chi connectivity index (χ3n) is 5.78. The number of primary amides is 1. The summed E-state index contributed by atoms with van der Waals surface area (Å²) in [5.41, 5.74) is 10.2. The van der Waals surface area contributed by atoms with E-state index in [4.69, 9.17) is 10.7 Å². The Morgan fingerprint density at radius 2 is 1.93 bits per heavy atom. The summed E-state index contributed by atoms with van der Waals surface area (Å²) in [6.07, 6.45) is 13.1. The third-order valence-corrected chi connectivity index (χ3v) is 5.78. The molecule has 6 heteroatoms. The van der Waals surface area contributed by atoms with Crippen molar-refractivity contribution < 1.29 is 4.79 Å². The Bertz CT molecular complexity index is 1210. The molecule has 1 aromatic carbocycles. The van der Waals surface area contributed by atoms with Crippen LogP contribution in [0.2, 0.25) is 0 Å². The molecule has 0 saturated heterocycles. The lowest BCUT2D eigenvalue weighted by molar-refractivity contribution is -0.113. The van der Waals surface area contributed by atoms with E-state index in [1.54, 1.807) is 6.08 Å². The second kappa shape index (κ2) is 7.20. The van der Waals surface area contributed by atoms with Gasteiger partial charge in [-0.2, -0.15) is 0 Å². The fourth-order valence-corrected chi connectivity index (χ4v) is 4.41. The third kappa shape index (κ3) is 3.20. The van der Waals surface area contributed by atoms with Gasteiger partial charge in [0.25, 0.3) is 0 Å². The molecule has 4 aromatic rings. The molecule has 1 aliphatic rings. The minimum absolute atomic E-state index is 0.443. The molecule has 29 heavy (non-hydrogen) atoms. The fraction of sp³-hybridized carbons (Fsp3) is 0.261. The summed E-state index contributed by atoms with van der Waals surface area (Å²) in [5.74, 6) is 0.531. The smallest absolute Gasteiger partial charge is 0.241 e. The molecule has 0 atom stereocenters. The Labute approximate surface area is 168 Å². The van der Waals surface area contributed by atoms with Crippen LogP contribution in [-0.2, 0) is 4.79 Å².